The average molecular weight is 484 g/mol. The minimum atomic E-state index is -3.61. The molecule has 2 amide bonds. The molecule has 8 heteroatoms. The normalized spacial score (nSPS) is 18.6. The van der Waals surface area contributed by atoms with Crippen molar-refractivity contribution in [3.05, 3.63) is 64.2 Å². The first kappa shape index (κ1) is 24.4. The predicted octanol–water partition coefficient (Wildman–Crippen LogP) is 2.94. The van der Waals surface area contributed by atoms with Gasteiger partial charge in [0.2, 0.25) is 10.0 Å². The molecule has 2 aromatic carbocycles. The number of rotatable bonds is 5. The van der Waals surface area contributed by atoms with Crippen LogP contribution in [0.5, 0.6) is 0 Å². The van der Waals surface area contributed by atoms with Gasteiger partial charge in [0.05, 0.1) is 4.90 Å². The SMILES string of the molecule is Cc1ccc(CN2CCN(C3CCN(S(=O)(=O)c4c(C)cc(C)cc4C)CC3)C(=O)C2=O)cc1. The lowest BCUT2D eigenvalue weighted by atomic mass is 10.0. The zero-order valence-electron chi connectivity index (χ0n) is 20.4. The van der Waals surface area contributed by atoms with Crippen LogP contribution in [0.1, 0.15) is 40.7 Å². The molecule has 34 heavy (non-hydrogen) atoms. The minimum Gasteiger partial charge on any atom is -0.330 e. The van der Waals surface area contributed by atoms with E-state index in [0.717, 1.165) is 27.8 Å². The first-order valence-corrected chi connectivity index (χ1v) is 13.3. The Bertz CT molecular complexity index is 1180. The molecule has 2 aliphatic rings. The molecule has 182 valence electrons. The van der Waals surface area contributed by atoms with Crippen molar-refractivity contribution in [2.75, 3.05) is 26.2 Å². The first-order chi connectivity index (χ1) is 16.1. The Balaban J connectivity index is 1.39. The number of sulfonamides is 1. The van der Waals surface area contributed by atoms with Gasteiger partial charge in [-0.1, -0.05) is 47.5 Å². The fraction of sp³-hybridized carbons (Fsp3) is 0.462. The molecule has 4 rings (SSSR count). The third-order valence-corrected chi connectivity index (χ3v) is 9.11. The highest BCUT2D eigenvalue weighted by Crippen LogP contribution is 2.29. The van der Waals surface area contributed by atoms with Crippen LogP contribution < -0.4 is 0 Å². The van der Waals surface area contributed by atoms with E-state index in [1.807, 2.05) is 64.1 Å². The zero-order chi connectivity index (χ0) is 24.6. The third kappa shape index (κ3) is 4.74. The molecular weight excluding hydrogens is 450 g/mol. The summed E-state index contributed by atoms with van der Waals surface area (Å²) >= 11 is 0. The summed E-state index contributed by atoms with van der Waals surface area (Å²) in [6, 6.07) is 11.6. The molecule has 0 spiro atoms. The van der Waals surface area contributed by atoms with Crippen molar-refractivity contribution in [2.45, 2.75) is 58.0 Å². The van der Waals surface area contributed by atoms with Gasteiger partial charge in [0, 0.05) is 38.8 Å². The molecule has 0 radical (unpaired) electrons. The summed E-state index contributed by atoms with van der Waals surface area (Å²) < 4.78 is 28.2. The predicted molar refractivity (Wildman–Crippen MR) is 131 cm³/mol. The number of hydrogen-bond donors (Lipinski definition) is 0. The summed E-state index contributed by atoms with van der Waals surface area (Å²) in [6.45, 7) is 9.70. The molecule has 0 bridgehead atoms. The molecule has 0 aliphatic carbocycles. The topological polar surface area (TPSA) is 78.0 Å². The second-order valence-corrected chi connectivity index (χ2v) is 11.4. The van der Waals surface area contributed by atoms with Gasteiger partial charge >= 0.3 is 11.8 Å². The van der Waals surface area contributed by atoms with E-state index < -0.39 is 21.8 Å². The van der Waals surface area contributed by atoms with Crippen molar-refractivity contribution in [1.82, 2.24) is 14.1 Å². The van der Waals surface area contributed by atoms with Crippen LogP contribution in [0.2, 0.25) is 0 Å². The summed E-state index contributed by atoms with van der Waals surface area (Å²) in [7, 11) is -3.61. The van der Waals surface area contributed by atoms with Crippen molar-refractivity contribution >= 4 is 21.8 Å². The Morgan fingerprint density at radius 2 is 1.38 bits per heavy atom. The fourth-order valence-corrected chi connectivity index (χ4v) is 7.08. The van der Waals surface area contributed by atoms with Crippen LogP contribution in [-0.2, 0) is 26.2 Å². The van der Waals surface area contributed by atoms with Crippen molar-refractivity contribution in [1.29, 1.82) is 0 Å². The Morgan fingerprint density at radius 1 is 0.794 bits per heavy atom. The lowest BCUT2D eigenvalue weighted by Crippen LogP contribution is -2.59. The molecule has 0 unspecified atom stereocenters. The number of hydrogen-bond acceptors (Lipinski definition) is 4. The van der Waals surface area contributed by atoms with Crippen LogP contribution in [0.25, 0.3) is 0 Å². The highest BCUT2D eigenvalue weighted by atomic mass is 32.2. The highest BCUT2D eigenvalue weighted by molar-refractivity contribution is 7.89. The molecule has 0 N–H and O–H groups in total. The van der Waals surface area contributed by atoms with Crippen molar-refractivity contribution < 1.29 is 18.0 Å². The van der Waals surface area contributed by atoms with Gasteiger partial charge in [0.15, 0.2) is 0 Å². The van der Waals surface area contributed by atoms with Gasteiger partial charge in [-0.2, -0.15) is 4.31 Å². The number of benzene rings is 2. The van der Waals surface area contributed by atoms with Crippen molar-refractivity contribution in [3.63, 3.8) is 0 Å². The Kier molecular flexibility index (Phi) is 6.82. The van der Waals surface area contributed by atoms with E-state index in [-0.39, 0.29) is 6.04 Å². The molecule has 2 aliphatic heterocycles. The van der Waals surface area contributed by atoms with Gasteiger partial charge < -0.3 is 9.80 Å². The van der Waals surface area contributed by atoms with Crippen LogP contribution in [0.4, 0.5) is 0 Å². The van der Waals surface area contributed by atoms with Gasteiger partial charge in [-0.15, -0.1) is 0 Å². The maximum absolute atomic E-state index is 13.4. The lowest BCUT2D eigenvalue weighted by Gasteiger charge is -2.41. The molecule has 0 saturated carbocycles. The number of piperazine rings is 1. The van der Waals surface area contributed by atoms with Gasteiger partial charge in [-0.05, 0) is 57.2 Å². The molecule has 0 aromatic heterocycles. The molecule has 2 aromatic rings. The largest absolute Gasteiger partial charge is 0.330 e. The molecule has 2 fully saturated rings. The second-order valence-electron chi connectivity index (χ2n) is 9.57. The van der Waals surface area contributed by atoms with E-state index in [1.54, 1.807) is 9.80 Å². The number of piperidine rings is 1. The average Bonchev–Trinajstić information content (AvgIpc) is 2.78. The van der Waals surface area contributed by atoms with Crippen LogP contribution in [0.3, 0.4) is 0 Å². The zero-order valence-corrected chi connectivity index (χ0v) is 21.2. The van der Waals surface area contributed by atoms with Crippen LogP contribution >= 0.6 is 0 Å². The summed E-state index contributed by atoms with van der Waals surface area (Å²) in [6.07, 6.45) is 1.06. The van der Waals surface area contributed by atoms with E-state index >= 15 is 0 Å². The molecule has 0 atom stereocenters. The molecular formula is C26H33N3O4S. The lowest BCUT2D eigenvalue weighted by molar-refractivity contribution is -0.158. The second kappa shape index (κ2) is 9.50. The number of carbonyl (C=O) groups is 2. The highest BCUT2D eigenvalue weighted by Gasteiger charge is 2.39. The van der Waals surface area contributed by atoms with E-state index in [4.69, 9.17) is 0 Å². The molecule has 7 nitrogen and oxygen atoms in total. The Morgan fingerprint density at radius 3 is 1.97 bits per heavy atom. The van der Waals surface area contributed by atoms with Gasteiger partial charge in [-0.3, -0.25) is 9.59 Å². The monoisotopic (exact) mass is 483 g/mol. The van der Waals surface area contributed by atoms with Gasteiger partial charge in [0.1, 0.15) is 0 Å². The maximum atomic E-state index is 13.4. The van der Waals surface area contributed by atoms with E-state index in [0.29, 0.717) is 50.5 Å². The summed E-state index contributed by atoms with van der Waals surface area (Å²) in [4.78, 5) is 29.3. The molecule has 2 heterocycles. The first-order valence-electron chi connectivity index (χ1n) is 11.8. The quantitative estimate of drug-likeness (QED) is 0.613. The van der Waals surface area contributed by atoms with E-state index in [1.165, 1.54) is 4.31 Å². The van der Waals surface area contributed by atoms with Crippen LogP contribution in [-0.4, -0.2) is 66.6 Å². The van der Waals surface area contributed by atoms with E-state index in [2.05, 4.69) is 0 Å². The number of carbonyl (C=O) groups excluding carboxylic acids is 2. The van der Waals surface area contributed by atoms with Gasteiger partial charge in [-0.25, -0.2) is 8.42 Å². The summed E-state index contributed by atoms with van der Waals surface area (Å²) in [5.41, 5.74) is 4.70. The standard InChI is InChI=1S/C26H33N3O4S/c1-18-5-7-22(8-6-18)17-27-13-14-29(26(31)25(27)30)23-9-11-28(12-10-23)34(32,33)24-20(3)15-19(2)16-21(24)4/h5-8,15-16,23H,9-14,17H2,1-4H3. The maximum Gasteiger partial charge on any atom is 0.312 e. The van der Waals surface area contributed by atoms with Crippen LogP contribution in [0.15, 0.2) is 41.3 Å². The Hall–Kier alpha value is -2.71. The van der Waals surface area contributed by atoms with Crippen LogP contribution in [0, 0.1) is 27.7 Å². The number of nitrogens with zero attached hydrogens (tertiary/aromatic N) is 3. The number of aryl methyl sites for hydroxylation is 4. The van der Waals surface area contributed by atoms with Crippen molar-refractivity contribution in [2.24, 2.45) is 0 Å². The minimum absolute atomic E-state index is 0.121. The fourth-order valence-electron chi connectivity index (χ4n) is 5.20. The van der Waals surface area contributed by atoms with E-state index in [9.17, 15) is 18.0 Å². The summed E-state index contributed by atoms with van der Waals surface area (Å²) in [5, 5.41) is 0. The smallest absolute Gasteiger partial charge is 0.312 e. The number of amides is 2. The third-order valence-electron chi connectivity index (χ3n) is 6.90. The van der Waals surface area contributed by atoms with Gasteiger partial charge in [0.25, 0.3) is 0 Å². The van der Waals surface area contributed by atoms with Crippen molar-refractivity contribution in [3.8, 4) is 0 Å². The molecule has 2 saturated heterocycles. The Labute approximate surface area is 202 Å². The summed E-state index contributed by atoms with van der Waals surface area (Å²) in [5.74, 6) is -0.960.